The van der Waals surface area contributed by atoms with E-state index in [1.165, 1.54) is 24.1 Å². The Morgan fingerprint density at radius 2 is 2.00 bits per heavy atom. The molecule has 0 spiro atoms. The summed E-state index contributed by atoms with van der Waals surface area (Å²) in [5.41, 5.74) is 0.314. The van der Waals surface area contributed by atoms with Crippen LogP contribution in [0.1, 0.15) is 53.8 Å². The summed E-state index contributed by atoms with van der Waals surface area (Å²) >= 11 is 0. The minimum absolute atomic E-state index is 0. The normalized spacial score (nSPS) is 14.4. The fourth-order valence-corrected chi connectivity index (χ4v) is 2.59. The van der Waals surface area contributed by atoms with Crippen LogP contribution >= 0.6 is 0 Å². The van der Waals surface area contributed by atoms with Gasteiger partial charge in [0.15, 0.2) is 6.29 Å². The summed E-state index contributed by atoms with van der Waals surface area (Å²) in [6.07, 6.45) is 11.7. The van der Waals surface area contributed by atoms with Crippen molar-refractivity contribution in [3.8, 4) is 30.4 Å². The lowest BCUT2D eigenvalue weighted by atomic mass is 10.0. The minimum Gasteiger partial charge on any atom is -0.493 e. The van der Waals surface area contributed by atoms with Crippen LogP contribution in [0.15, 0.2) is 18.2 Å². The fourth-order valence-electron chi connectivity index (χ4n) is 2.59. The van der Waals surface area contributed by atoms with Crippen molar-refractivity contribution in [1.82, 2.24) is 10.2 Å². The van der Waals surface area contributed by atoms with Gasteiger partial charge in [0, 0.05) is 31.9 Å². The van der Waals surface area contributed by atoms with Crippen LogP contribution < -0.4 is 10.1 Å². The number of aldehydes is 1. The molecule has 2 N–H and O–H groups in total. The van der Waals surface area contributed by atoms with Gasteiger partial charge in [0.2, 0.25) is 11.8 Å². The third-order valence-corrected chi connectivity index (χ3v) is 4.15. The molecule has 2 rings (SSSR count). The number of carbonyl (C=O) groups is 4. The molecule has 1 heterocycles. The number of aliphatic hydroxyl groups excluding tert-OH is 1. The number of nitrogens with one attached hydrogen (secondary N) is 1. The average Bonchev–Trinajstić information content (AvgIpc) is 2.74. The lowest BCUT2D eigenvalue weighted by molar-refractivity contribution is -0.136. The third kappa shape index (κ3) is 8.33. The predicted molar refractivity (Wildman–Crippen MR) is 116 cm³/mol. The number of benzene rings is 1. The number of likely N-dealkylation sites (N-methyl/N-ethyl adjacent to an activating group) is 1. The van der Waals surface area contributed by atoms with Gasteiger partial charge in [-0.2, -0.15) is 0 Å². The molecule has 31 heavy (non-hydrogen) atoms. The second-order valence-corrected chi connectivity index (χ2v) is 6.23. The van der Waals surface area contributed by atoms with Crippen LogP contribution in [0, 0.1) is 24.7 Å². The number of terminal acetylenes is 2. The first-order valence-corrected chi connectivity index (χ1v) is 9.20. The molecular formula is C23H28N2O6. The molecule has 1 fully saturated rings. The lowest BCUT2D eigenvalue weighted by Gasteiger charge is -2.30. The van der Waals surface area contributed by atoms with Gasteiger partial charge in [0.1, 0.15) is 11.8 Å². The second-order valence-electron chi connectivity index (χ2n) is 6.23. The van der Waals surface area contributed by atoms with Gasteiger partial charge in [0.05, 0.1) is 18.8 Å². The number of hydrogen-bond acceptors (Lipinski definition) is 6. The maximum Gasteiger partial charge on any atom is 0.255 e. The molecule has 1 aromatic rings. The smallest absolute Gasteiger partial charge is 0.255 e. The van der Waals surface area contributed by atoms with E-state index >= 15 is 0 Å². The van der Waals surface area contributed by atoms with E-state index in [4.69, 9.17) is 22.7 Å². The monoisotopic (exact) mass is 428 g/mol. The molecular weight excluding hydrogens is 400 g/mol. The number of aliphatic hydroxyl groups is 1. The predicted octanol–water partition coefficient (Wildman–Crippen LogP) is 1.42. The number of piperidine rings is 1. The molecule has 0 saturated carbocycles. The zero-order chi connectivity index (χ0) is 22.5. The number of nitrogens with zero attached hydrogens (tertiary/aromatic N) is 1. The Morgan fingerprint density at radius 1 is 1.32 bits per heavy atom. The first-order chi connectivity index (χ1) is 14.4. The Morgan fingerprint density at radius 3 is 2.52 bits per heavy atom. The summed E-state index contributed by atoms with van der Waals surface area (Å²) in [7, 11) is 1.46. The molecule has 1 atom stereocenters. The summed E-state index contributed by atoms with van der Waals surface area (Å²) in [6, 6.07) is 3.73. The van der Waals surface area contributed by atoms with Crippen molar-refractivity contribution >= 4 is 24.0 Å². The number of ether oxygens (including phenoxy) is 1. The Hall–Kier alpha value is -3.62. The SMILES string of the molecule is C.C#CCCO.C#CCCOc1ccc(C=O)c(C(=O)N(C)C2CCC(=O)NC2=O)c1. The summed E-state index contributed by atoms with van der Waals surface area (Å²) in [4.78, 5) is 48.4. The largest absolute Gasteiger partial charge is 0.493 e. The molecule has 8 heteroatoms. The zero-order valence-electron chi connectivity index (χ0n) is 16.7. The van der Waals surface area contributed by atoms with Crippen molar-refractivity contribution in [2.45, 2.75) is 39.2 Å². The Labute approximate surface area is 183 Å². The molecule has 0 aliphatic carbocycles. The average molecular weight is 428 g/mol. The summed E-state index contributed by atoms with van der Waals surface area (Å²) in [6.45, 7) is 0.393. The lowest BCUT2D eigenvalue weighted by Crippen LogP contribution is -2.53. The van der Waals surface area contributed by atoms with E-state index in [-0.39, 0.29) is 50.5 Å². The van der Waals surface area contributed by atoms with E-state index in [0.29, 0.717) is 24.9 Å². The Kier molecular flexibility index (Phi) is 12.7. The molecule has 0 radical (unpaired) electrons. The van der Waals surface area contributed by atoms with E-state index < -0.39 is 17.9 Å². The van der Waals surface area contributed by atoms with Gasteiger partial charge >= 0.3 is 0 Å². The molecule has 0 bridgehead atoms. The molecule has 1 aliphatic heterocycles. The van der Waals surface area contributed by atoms with Crippen LogP contribution in [-0.2, 0) is 9.59 Å². The first kappa shape index (κ1) is 27.4. The van der Waals surface area contributed by atoms with Crippen LogP contribution in [-0.4, -0.2) is 60.3 Å². The van der Waals surface area contributed by atoms with Crippen LogP contribution in [0.4, 0.5) is 0 Å². The third-order valence-electron chi connectivity index (χ3n) is 4.15. The second kappa shape index (κ2) is 14.4. The topological polar surface area (TPSA) is 113 Å². The van der Waals surface area contributed by atoms with Crippen molar-refractivity contribution in [3.63, 3.8) is 0 Å². The van der Waals surface area contributed by atoms with E-state index in [1.807, 2.05) is 0 Å². The van der Waals surface area contributed by atoms with Gasteiger partial charge in [0.25, 0.3) is 5.91 Å². The van der Waals surface area contributed by atoms with E-state index in [0.717, 1.165) is 0 Å². The standard InChI is InChI=1S/C18H18N2O5.C4H6O.CH4/c1-3-4-9-25-13-6-5-12(11-21)14(10-13)18(24)20(2)15-7-8-16(22)19-17(15)23;1-2-3-4-5;/h1,5-6,10-11,15H,4,7-9H2,2H3,(H,19,22,23);1,5H,3-4H2;1H4. The van der Waals surface area contributed by atoms with Crippen molar-refractivity contribution in [3.05, 3.63) is 29.3 Å². The molecule has 166 valence electrons. The van der Waals surface area contributed by atoms with Gasteiger partial charge in [-0.1, -0.05) is 7.43 Å². The number of amides is 3. The van der Waals surface area contributed by atoms with Gasteiger partial charge in [-0.3, -0.25) is 24.5 Å². The molecule has 0 aromatic heterocycles. The van der Waals surface area contributed by atoms with E-state index in [1.54, 1.807) is 6.07 Å². The van der Waals surface area contributed by atoms with Crippen molar-refractivity contribution in [1.29, 1.82) is 0 Å². The van der Waals surface area contributed by atoms with Crippen molar-refractivity contribution in [2.24, 2.45) is 0 Å². The van der Waals surface area contributed by atoms with Crippen LogP contribution in [0.25, 0.3) is 0 Å². The number of carbonyl (C=O) groups excluding carboxylic acids is 4. The molecule has 1 saturated heterocycles. The highest BCUT2D eigenvalue weighted by molar-refractivity contribution is 6.06. The van der Waals surface area contributed by atoms with Gasteiger partial charge < -0.3 is 14.7 Å². The summed E-state index contributed by atoms with van der Waals surface area (Å²) in [5, 5.41) is 10.1. The summed E-state index contributed by atoms with van der Waals surface area (Å²) in [5.74, 6) is 3.72. The minimum atomic E-state index is -0.768. The quantitative estimate of drug-likeness (QED) is 0.294. The fraction of sp³-hybridized carbons (Fsp3) is 0.391. The van der Waals surface area contributed by atoms with Gasteiger partial charge in [-0.05, 0) is 24.6 Å². The Balaban J connectivity index is 0.00000135. The van der Waals surface area contributed by atoms with E-state index in [2.05, 4.69) is 17.2 Å². The number of imide groups is 1. The maximum atomic E-state index is 12.7. The molecule has 1 aromatic carbocycles. The molecule has 8 nitrogen and oxygen atoms in total. The zero-order valence-corrected chi connectivity index (χ0v) is 16.7. The van der Waals surface area contributed by atoms with Gasteiger partial charge in [-0.25, -0.2) is 0 Å². The van der Waals surface area contributed by atoms with Crippen molar-refractivity contribution in [2.75, 3.05) is 20.3 Å². The van der Waals surface area contributed by atoms with E-state index in [9.17, 15) is 19.2 Å². The maximum absolute atomic E-state index is 12.7. The highest BCUT2D eigenvalue weighted by Crippen LogP contribution is 2.21. The van der Waals surface area contributed by atoms with Crippen LogP contribution in [0.5, 0.6) is 5.75 Å². The summed E-state index contributed by atoms with van der Waals surface area (Å²) < 4.78 is 5.44. The molecule has 1 unspecified atom stereocenters. The molecule has 3 amide bonds. The van der Waals surface area contributed by atoms with Crippen molar-refractivity contribution < 1.29 is 29.0 Å². The van der Waals surface area contributed by atoms with Gasteiger partial charge in [-0.15, -0.1) is 24.7 Å². The first-order valence-electron chi connectivity index (χ1n) is 9.20. The highest BCUT2D eigenvalue weighted by Gasteiger charge is 2.33. The molecule has 1 aliphatic rings. The highest BCUT2D eigenvalue weighted by atomic mass is 16.5. The Bertz CT molecular complexity index is 866. The number of rotatable bonds is 7. The van der Waals surface area contributed by atoms with Crippen LogP contribution in [0.3, 0.4) is 0 Å². The van der Waals surface area contributed by atoms with Crippen LogP contribution in [0.2, 0.25) is 0 Å². The number of hydrogen-bond donors (Lipinski definition) is 2.